The smallest absolute Gasteiger partial charge is 0.0204 e. The zero-order valence-electron chi connectivity index (χ0n) is 9.48. The first-order chi connectivity index (χ1) is 5.95. The Morgan fingerprint density at radius 3 is 2.54 bits per heavy atom. The summed E-state index contributed by atoms with van der Waals surface area (Å²) in [5.41, 5.74) is 2.17. The Morgan fingerprint density at radius 2 is 1.85 bits per heavy atom. The maximum atomic E-state index is 2.57. The standard InChI is InChI=1S/C13H22/c1-9-12(3)8-11(2)7-5-6-10(11)13(9,12)4/h9-10H,5-8H2,1-4H3/t9-,10?,11?,12?,13-/m1/s1. The minimum absolute atomic E-state index is 0.715. The van der Waals surface area contributed by atoms with Gasteiger partial charge in [0.15, 0.2) is 0 Å². The van der Waals surface area contributed by atoms with Gasteiger partial charge in [-0.1, -0.05) is 34.1 Å². The summed E-state index contributed by atoms with van der Waals surface area (Å²) in [4.78, 5) is 0. The molecule has 0 aromatic heterocycles. The minimum Gasteiger partial charge on any atom is -0.0614 e. The van der Waals surface area contributed by atoms with Crippen molar-refractivity contribution in [1.29, 1.82) is 0 Å². The molecule has 3 aliphatic carbocycles. The number of rotatable bonds is 0. The SMILES string of the molecule is C[C@@H]1C2(C)CC3(C)CCCC3[C@@]12C. The number of fused-ring (bicyclic) bond motifs is 3. The van der Waals surface area contributed by atoms with Gasteiger partial charge < -0.3 is 0 Å². The summed E-state index contributed by atoms with van der Waals surface area (Å²) in [6, 6.07) is 0. The second-order valence-electron chi connectivity index (χ2n) is 6.70. The van der Waals surface area contributed by atoms with Crippen LogP contribution in [0.15, 0.2) is 0 Å². The van der Waals surface area contributed by atoms with E-state index in [9.17, 15) is 0 Å². The van der Waals surface area contributed by atoms with Gasteiger partial charge >= 0.3 is 0 Å². The highest BCUT2D eigenvalue weighted by Gasteiger charge is 2.79. The molecule has 0 N–H and O–H groups in total. The first-order valence-electron chi connectivity index (χ1n) is 5.95. The molecule has 3 aliphatic rings. The second kappa shape index (κ2) is 1.85. The van der Waals surface area contributed by atoms with Gasteiger partial charge in [0, 0.05) is 0 Å². The monoisotopic (exact) mass is 178 g/mol. The fraction of sp³-hybridized carbons (Fsp3) is 1.00. The van der Waals surface area contributed by atoms with E-state index in [2.05, 4.69) is 27.7 Å². The Hall–Kier alpha value is 0. The minimum atomic E-state index is 0.715. The van der Waals surface area contributed by atoms with Crippen molar-refractivity contribution in [3.8, 4) is 0 Å². The largest absolute Gasteiger partial charge is 0.0614 e. The summed E-state index contributed by atoms with van der Waals surface area (Å²) in [5.74, 6) is 2.05. The van der Waals surface area contributed by atoms with Gasteiger partial charge in [-0.25, -0.2) is 0 Å². The van der Waals surface area contributed by atoms with Crippen molar-refractivity contribution < 1.29 is 0 Å². The Morgan fingerprint density at radius 1 is 1.15 bits per heavy atom. The summed E-state index contributed by atoms with van der Waals surface area (Å²) in [6.07, 6.45) is 6.05. The summed E-state index contributed by atoms with van der Waals surface area (Å²) < 4.78 is 0. The van der Waals surface area contributed by atoms with Crippen molar-refractivity contribution in [1.82, 2.24) is 0 Å². The molecule has 5 atom stereocenters. The van der Waals surface area contributed by atoms with E-state index in [4.69, 9.17) is 0 Å². The molecule has 3 saturated carbocycles. The van der Waals surface area contributed by atoms with Gasteiger partial charge in [-0.05, 0) is 47.3 Å². The zero-order chi connectivity index (χ0) is 9.48. The average molecular weight is 178 g/mol. The van der Waals surface area contributed by atoms with Crippen molar-refractivity contribution in [3.63, 3.8) is 0 Å². The molecule has 0 aromatic rings. The van der Waals surface area contributed by atoms with Gasteiger partial charge in [-0.15, -0.1) is 0 Å². The van der Waals surface area contributed by atoms with Crippen LogP contribution < -0.4 is 0 Å². The van der Waals surface area contributed by atoms with Crippen molar-refractivity contribution in [2.24, 2.45) is 28.1 Å². The highest BCUT2D eigenvalue weighted by atomic mass is 14.8. The number of hydrogen-bond acceptors (Lipinski definition) is 0. The quantitative estimate of drug-likeness (QED) is 0.528. The van der Waals surface area contributed by atoms with Crippen LogP contribution in [-0.4, -0.2) is 0 Å². The van der Waals surface area contributed by atoms with Crippen LogP contribution in [-0.2, 0) is 0 Å². The Labute approximate surface area is 82.1 Å². The predicted octanol–water partition coefficient (Wildman–Crippen LogP) is 3.86. The third-order valence-electron chi connectivity index (χ3n) is 6.58. The van der Waals surface area contributed by atoms with Crippen LogP contribution in [0, 0.1) is 28.1 Å². The molecule has 0 heterocycles. The first-order valence-corrected chi connectivity index (χ1v) is 5.95. The molecule has 0 aromatic carbocycles. The Balaban J connectivity index is 2.04. The third-order valence-corrected chi connectivity index (χ3v) is 6.58. The molecule has 0 saturated heterocycles. The molecular weight excluding hydrogens is 156 g/mol. The van der Waals surface area contributed by atoms with E-state index in [1.165, 1.54) is 25.7 Å². The summed E-state index contributed by atoms with van der Waals surface area (Å²) >= 11 is 0. The van der Waals surface area contributed by atoms with Gasteiger partial charge in [0.2, 0.25) is 0 Å². The summed E-state index contributed by atoms with van der Waals surface area (Å²) in [7, 11) is 0. The van der Waals surface area contributed by atoms with Crippen LogP contribution in [0.4, 0.5) is 0 Å². The molecule has 0 bridgehead atoms. The Bertz CT molecular complexity index is 267. The van der Waals surface area contributed by atoms with Gasteiger partial charge in [0.05, 0.1) is 0 Å². The molecule has 0 spiro atoms. The van der Waals surface area contributed by atoms with Crippen molar-refractivity contribution >= 4 is 0 Å². The molecule has 74 valence electrons. The normalized spacial score (nSPS) is 69.2. The molecule has 0 radical (unpaired) electrons. The lowest BCUT2D eigenvalue weighted by Crippen LogP contribution is -2.24. The summed E-state index contributed by atoms with van der Waals surface area (Å²) in [6.45, 7) is 10.2. The van der Waals surface area contributed by atoms with E-state index >= 15 is 0 Å². The molecule has 3 rings (SSSR count). The molecule has 3 unspecified atom stereocenters. The fourth-order valence-corrected chi connectivity index (χ4v) is 5.53. The van der Waals surface area contributed by atoms with Gasteiger partial charge in [-0.3, -0.25) is 0 Å². The molecule has 0 amide bonds. The van der Waals surface area contributed by atoms with Crippen LogP contribution in [0.1, 0.15) is 53.4 Å². The van der Waals surface area contributed by atoms with Crippen LogP contribution in [0.3, 0.4) is 0 Å². The molecule has 0 aliphatic heterocycles. The van der Waals surface area contributed by atoms with Crippen LogP contribution >= 0.6 is 0 Å². The topological polar surface area (TPSA) is 0 Å². The van der Waals surface area contributed by atoms with E-state index in [0.29, 0.717) is 5.41 Å². The second-order valence-corrected chi connectivity index (χ2v) is 6.70. The lowest BCUT2D eigenvalue weighted by atomic mass is 9.73. The van der Waals surface area contributed by atoms with Crippen LogP contribution in [0.5, 0.6) is 0 Å². The van der Waals surface area contributed by atoms with E-state index in [0.717, 1.165) is 22.7 Å². The molecular formula is C13H22. The highest BCUT2D eigenvalue weighted by Crippen LogP contribution is 2.85. The molecule has 3 fully saturated rings. The lowest BCUT2D eigenvalue weighted by Gasteiger charge is -2.31. The first kappa shape index (κ1) is 8.32. The Kier molecular flexibility index (Phi) is 1.19. The maximum Gasteiger partial charge on any atom is -0.0204 e. The van der Waals surface area contributed by atoms with Crippen LogP contribution in [0.25, 0.3) is 0 Å². The molecule has 0 nitrogen and oxygen atoms in total. The van der Waals surface area contributed by atoms with Crippen molar-refractivity contribution in [2.45, 2.75) is 53.4 Å². The van der Waals surface area contributed by atoms with Gasteiger partial charge in [0.25, 0.3) is 0 Å². The van der Waals surface area contributed by atoms with E-state index in [-0.39, 0.29) is 0 Å². The fourth-order valence-electron chi connectivity index (χ4n) is 5.53. The third kappa shape index (κ3) is 0.620. The average Bonchev–Trinajstić information content (AvgIpc) is 2.41. The maximum absolute atomic E-state index is 2.57. The molecule has 0 heteroatoms. The van der Waals surface area contributed by atoms with Gasteiger partial charge in [-0.2, -0.15) is 0 Å². The molecule has 13 heavy (non-hydrogen) atoms. The van der Waals surface area contributed by atoms with E-state index in [1.807, 2.05) is 0 Å². The predicted molar refractivity (Wildman–Crippen MR) is 55.4 cm³/mol. The van der Waals surface area contributed by atoms with Gasteiger partial charge in [0.1, 0.15) is 0 Å². The van der Waals surface area contributed by atoms with E-state index < -0.39 is 0 Å². The summed E-state index contributed by atoms with van der Waals surface area (Å²) in [5, 5.41) is 0. The van der Waals surface area contributed by atoms with Crippen LogP contribution in [0.2, 0.25) is 0 Å². The number of hydrogen-bond donors (Lipinski definition) is 0. The van der Waals surface area contributed by atoms with E-state index in [1.54, 1.807) is 0 Å². The zero-order valence-corrected chi connectivity index (χ0v) is 9.48. The highest BCUT2D eigenvalue weighted by molar-refractivity contribution is 5.27. The lowest BCUT2D eigenvalue weighted by molar-refractivity contribution is 0.176. The van der Waals surface area contributed by atoms with Crippen molar-refractivity contribution in [3.05, 3.63) is 0 Å². The van der Waals surface area contributed by atoms with Crippen molar-refractivity contribution in [2.75, 3.05) is 0 Å².